The lowest BCUT2D eigenvalue weighted by Gasteiger charge is -2.37. The van der Waals surface area contributed by atoms with Crippen molar-refractivity contribution in [3.05, 3.63) is 65.5 Å². The number of urea groups is 1. The number of rotatable bonds is 5. The molecule has 3 amide bonds. The van der Waals surface area contributed by atoms with E-state index < -0.39 is 56.5 Å². The normalized spacial score (nSPS) is 20.4. The van der Waals surface area contributed by atoms with Crippen LogP contribution in [0.25, 0.3) is 0 Å². The van der Waals surface area contributed by atoms with Crippen LogP contribution < -0.4 is 0 Å². The minimum Gasteiger partial charge on any atom is -0.357 e. The molecule has 2 aliphatic rings. The van der Waals surface area contributed by atoms with Crippen molar-refractivity contribution in [1.82, 2.24) is 14.7 Å². The number of carbonyl (C=O) groups is 2. The lowest BCUT2D eigenvalue weighted by atomic mass is 9.88. The fraction of sp³-hybridized carbons (Fsp3) is 0.481. The molecule has 2 aromatic rings. The van der Waals surface area contributed by atoms with Crippen LogP contribution in [0, 0.1) is 5.82 Å². The van der Waals surface area contributed by atoms with Crippen molar-refractivity contribution in [3.63, 3.8) is 0 Å². The number of hydrogen-bond donors (Lipinski definition) is 0. The number of amides is 3. The minimum atomic E-state index is -5.91. The summed E-state index contributed by atoms with van der Waals surface area (Å²) in [4.78, 5) is 28.9. The van der Waals surface area contributed by atoms with Crippen LogP contribution >= 0.6 is 0 Å². The van der Waals surface area contributed by atoms with Gasteiger partial charge in [-0.15, -0.1) is 0 Å². The Kier molecular flexibility index (Phi) is 8.52. The third kappa shape index (κ3) is 5.43. The Bertz CT molecular complexity index is 1440. The van der Waals surface area contributed by atoms with Gasteiger partial charge in [0, 0.05) is 58.9 Å². The summed E-state index contributed by atoms with van der Waals surface area (Å²) in [6.45, 7) is 1.67. The molecule has 0 spiro atoms. The number of benzene rings is 2. The number of methoxy groups -OCH3 is 1. The van der Waals surface area contributed by atoms with Gasteiger partial charge in [0.1, 0.15) is 10.6 Å². The Balaban J connectivity index is 1.76. The summed E-state index contributed by atoms with van der Waals surface area (Å²) in [7, 11) is -4.24. The first-order valence-corrected chi connectivity index (χ1v) is 14.5. The average Bonchev–Trinajstić information content (AvgIpc) is 3.40. The molecule has 2 aromatic carbocycles. The molecule has 0 unspecified atom stereocenters. The predicted octanol–water partition coefficient (Wildman–Crippen LogP) is 4.45. The van der Waals surface area contributed by atoms with Gasteiger partial charge in [-0.1, -0.05) is 24.3 Å². The van der Waals surface area contributed by atoms with Crippen LogP contribution in [0.2, 0.25) is 0 Å². The molecule has 16 heteroatoms. The van der Waals surface area contributed by atoms with E-state index in [1.54, 1.807) is 4.90 Å². The summed E-state index contributed by atoms with van der Waals surface area (Å²) >= 11 is 0. The van der Waals surface area contributed by atoms with Crippen molar-refractivity contribution in [2.75, 3.05) is 46.4 Å². The van der Waals surface area contributed by atoms with Gasteiger partial charge in [0.15, 0.2) is 9.84 Å². The summed E-state index contributed by atoms with van der Waals surface area (Å²) in [5.74, 6) is -0.907. The zero-order valence-electron chi connectivity index (χ0n) is 23.0. The number of nitrogens with zero attached hydrogens (tertiary/aromatic N) is 3. The molecule has 4 rings (SSSR count). The summed E-state index contributed by atoms with van der Waals surface area (Å²) in [5, 5.41) is 0. The highest BCUT2D eigenvalue weighted by atomic mass is 32.2. The number of piperazine rings is 1. The highest BCUT2D eigenvalue weighted by Crippen LogP contribution is 2.53. The second-order valence-electron chi connectivity index (χ2n) is 10.4. The van der Waals surface area contributed by atoms with E-state index >= 15 is 0 Å². The molecule has 2 saturated heterocycles. The minimum absolute atomic E-state index is 0.110. The first-order chi connectivity index (χ1) is 19.9. The Morgan fingerprint density at radius 1 is 0.791 bits per heavy atom. The maximum absolute atomic E-state index is 14.1. The smallest absolute Gasteiger partial charge is 0.357 e. The van der Waals surface area contributed by atoms with Crippen LogP contribution in [-0.2, 0) is 29.7 Å². The largest absolute Gasteiger partial charge is 0.430 e. The van der Waals surface area contributed by atoms with Crippen molar-refractivity contribution < 1.29 is 53.5 Å². The van der Waals surface area contributed by atoms with E-state index in [1.807, 2.05) is 0 Å². The van der Waals surface area contributed by atoms with Crippen LogP contribution in [-0.4, -0.2) is 93.8 Å². The van der Waals surface area contributed by atoms with E-state index in [9.17, 15) is 48.7 Å². The molecule has 0 aromatic heterocycles. The number of hydrogen-bond acceptors (Lipinski definition) is 5. The van der Waals surface area contributed by atoms with Crippen LogP contribution in [0.1, 0.15) is 24.5 Å². The molecule has 0 aliphatic carbocycles. The van der Waals surface area contributed by atoms with Gasteiger partial charge >= 0.3 is 18.4 Å². The number of halogens is 7. The SMILES string of the molecule is COC(c1ccc([C@]2(S(=O)(=O)c3ccc(F)cc3)CCN(C(=O)N3CCN(C(C)=O)CC3)C2)cc1)(C(F)(F)F)C(F)(F)F. The van der Waals surface area contributed by atoms with Gasteiger partial charge in [-0.25, -0.2) is 17.6 Å². The maximum atomic E-state index is 14.1. The van der Waals surface area contributed by atoms with Crippen LogP contribution in [0.4, 0.5) is 35.5 Å². The van der Waals surface area contributed by atoms with Crippen LogP contribution in [0.3, 0.4) is 0 Å². The molecule has 0 radical (unpaired) electrons. The second-order valence-corrected chi connectivity index (χ2v) is 12.6. The highest BCUT2D eigenvalue weighted by Gasteiger charge is 2.73. The lowest BCUT2D eigenvalue weighted by Crippen LogP contribution is -2.55. The number of ether oxygens (including phenoxy) is 1. The monoisotopic (exact) mass is 639 g/mol. The lowest BCUT2D eigenvalue weighted by molar-refractivity contribution is -0.383. The molecule has 0 saturated carbocycles. The topological polar surface area (TPSA) is 87.2 Å². The highest BCUT2D eigenvalue weighted by molar-refractivity contribution is 7.92. The molecule has 43 heavy (non-hydrogen) atoms. The Hall–Kier alpha value is -3.40. The van der Waals surface area contributed by atoms with Crippen molar-refractivity contribution in [2.45, 2.75) is 40.9 Å². The van der Waals surface area contributed by atoms with E-state index in [2.05, 4.69) is 4.74 Å². The van der Waals surface area contributed by atoms with Gasteiger partial charge in [-0.05, 0) is 36.2 Å². The molecule has 236 valence electrons. The van der Waals surface area contributed by atoms with Gasteiger partial charge in [0.2, 0.25) is 5.91 Å². The Morgan fingerprint density at radius 2 is 1.30 bits per heavy atom. The van der Waals surface area contributed by atoms with Crippen LogP contribution in [0.5, 0.6) is 0 Å². The zero-order chi connectivity index (χ0) is 32.0. The Labute approximate surface area is 242 Å². The molecular weight excluding hydrogens is 611 g/mol. The van der Waals surface area contributed by atoms with Gasteiger partial charge < -0.3 is 19.4 Å². The maximum Gasteiger partial charge on any atom is 0.430 e. The van der Waals surface area contributed by atoms with E-state index in [-0.39, 0.29) is 62.6 Å². The summed E-state index contributed by atoms with van der Waals surface area (Å²) in [6.07, 6.45) is -12.1. The van der Waals surface area contributed by atoms with Gasteiger partial charge in [-0.3, -0.25) is 4.79 Å². The molecule has 0 N–H and O–H groups in total. The number of likely N-dealkylation sites (tertiary alicyclic amines) is 1. The molecule has 1 atom stereocenters. The standard InChI is InChI=1S/C27H28F7N3O5S/c1-18(38)35-13-15-36(16-14-35)23(39)37-12-11-24(17-37,43(40,41)22-9-7-21(28)8-10-22)19-3-5-20(6-4-19)25(42-2,26(29,30)31)27(32,33)34/h3-10H,11-17H2,1-2H3/t24-/m0/s1. The molecule has 8 nitrogen and oxygen atoms in total. The number of alkyl halides is 6. The predicted molar refractivity (Wildman–Crippen MR) is 138 cm³/mol. The van der Waals surface area contributed by atoms with Crippen molar-refractivity contribution >= 4 is 21.8 Å². The third-order valence-electron chi connectivity index (χ3n) is 8.06. The first-order valence-electron chi connectivity index (χ1n) is 13.0. The summed E-state index contributed by atoms with van der Waals surface area (Å²) in [6, 6.07) is 5.96. The van der Waals surface area contributed by atoms with Gasteiger partial charge in [-0.2, -0.15) is 26.3 Å². The van der Waals surface area contributed by atoms with E-state index in [1.165, 1.54) is 16.7 Å². The quantitative estimate of drug-likeness (QED) is 0.357. The molecular formula is C27H28F7N3O5S. The van der Waals surface area contributed by atoms with Gasteiger partial charge in [0.05, 0.1) is 4.90 Å². The second kappa shape index (κ2) is 11.3. The fourth-order valence-corrected chi connectivity index (χ4v) is 7.73. The third-order valence-corrected chi connectivity index (χ3v) is 10.5. The average molecular weight is 640 g/mol. The molecule has 2 fully saturated rings. The first kappa shape index (κ1) is 32.5. The van der Waals surface area contributed by atoms with Gasteiger partial charge in [0.25, 0.3) is 5.60 Å². The van der Waals surface area contributed by atoms with Crippen molar-refractivity contribution in [2.24, 2.45) is 0 Å². The zero-order valence-corrected chi connectivity index (χ0v) is 23.8. The summed E-state index contributed by atoms with van der Waals surface area (Å²) in [5.41, 5.74) is -6.16. The van der Waals surface area contributed by atoms with Crippen LogP contribution in [0.15, 0.2) is 53.4 Å². The Morgan fingerprint density at radius 3 is 1.77 bits per heavy atom. The molecule has 2 heterocycles. The van der Waals surface area contributed by atoms with Crippen molar-refractivity contribution in [3.8, 4) is 0 Å². The number of carbonyl (C=O) groups excluding carboxylic acids is 2. The summed E-state index contributed by atoms with van der Waals surface area (Å²) < 4.78 is 127. The molecule has 2 aliphatic heterocycles. The van der Waals surface area contributed by atoms with E-state index in [0.717, 1.165) is 36.4 Å². The molecule has 0 bridgehead atoms. The van der Waals surface area contributed by atoms with Crippen molar-refractivity contribution in [1.29, 1.82) is 0 Å². The number of sulfone groups is 1. The van der Waals surface area contributed by atoms with E-state index in [0.29, 0.717) is 12.1 Å². The fourth-order valence-electron chi connectivity index (χ4n) is 5.65. The van der Waals surface area contributed by atoms with E-state index in [4.69, 9.17) is 0 Å².